The van der Waals surface area contributed by atoms with E-state index in [2.05, 4.69) is 15.0 Å². The molecule has 0 saturated carbocycles. The number of carbonyl (C=O) groups excluding carboxylic acids is 3. The molecule has 2 N–H and O–H groups in total. The molecule has 0 amide bonds. The molecule has 18 heteroatoms. The van der Waals surface area contributed by atoms with Crippen molar-refractivity contribution in [3.05, 3.63) is 119 Å². The summed E-state index contributed by atoms with van der Waals surface area (Å²) >= 11 is 6.40. The molecule has 9 atom stereocenters. The molecule has 0 radical (unpaired) electrons. The number of ether oxygens (including phenoxy) is 9. The fourth-order valence-electron chi connectivity index (χ4n) is 7.25. The number of hydrogen-bond acceptors (Lipinski definition) is 16. The minimum Gasteiger partial charge on any atom is -0.456 e. The summed E-state index contributed by atoms with van der Waals surface area (Å²) in [6.07, 6.45) is -9.17. The number of nitrogens with two attached hydrogens (primary N) is 1. The van der Waals surface area contributed by atoms with E-state index in [-0.39, 0.29) is 55.3 Å². The van der Waals surface area contributed by atoms with Crippen molar-refractivity contribution in [2.75, 3.05) is 18.9 Å². The Balaban J connectivity index is 1.27. The van der Waals surface area contributed by atoms with Gasteiger partial charge in [0.25, 0.3) is 0 Å². The van der Waals surface area contributed by atoms with E-state index in [0.717, 1.165) is 16.7 Å². The molecular weight excluding hydrogens is 814 g/mol. The maximum Gasteiger partial charge on any atom is 0.303 e. The summed E-state index contributed by atoms with van der Waals surface area (Å²) in [7, 11) is 0. The summed E-state index contributed by atoms with van der Waals surface area (Å²) in [6.45, 7) is 3.95. The summed E-state index contributed by atoms with van der Waals surface area (Å²) in [6, 6.07) is 28.2. The van der Waals surface area contributed by atoms with Gasteiger partial charge in [0.1, 0.15) is 29.9 Å². The topological polar surface area (TPSA) is 204 Å². The van der Waals surface area contributed by atoms with Crippen molar-refractivity contribution < 1.29 is 57.0 Å². The molecule has 0 bridgehead atoms. The van der Waals surface area contributed by atoms with Gasteiger partial charge in [-0.25, -0.2) is 4.98 Å². The van der Waals surface area contributed by atoms with Crippen LogP contribution in [0.4, 0.5) is 5.95 Å². The van der Waals surface area contributed by atoms with E-state index in [4.69, 9.17) is 60.0 Å². The van der Waals surface area contributed by atoms with Crippen LogP contribution in [0.15, 0.2) is 97.3 Å². The van der Waals surface area contributed by atoms with Crippen LogP contribution in [0.25, 0.3) is 11.2 Å². The summed E-state index contributed by atoms with van der Waals surface area (Å²) < 4.78 is 58.3. The van der Waals surface area contributed by atoms with Gasteiger partial charge in [-0.3, -0.25) is 19.0 Å². The molecular formula is C43H46ClN5O12. The van der Waals surface area contributed by atoms with Gasteiger partial charge in [0.15, 0.2) is 41.6 Å². The fraction of sp³-hybridized carbons (Fsp3) is 0.395. The first-order chi connectivity index (χ1) is 29.5. The average Bonchev–Trinajstić information content (AvgIpc) is 3.80. The summed E-state index contributed by atoms with van der Waals surface area (Å²) in [5.74, 6) is -2.11. The predicted molar refractivity (Wildman–Crippen MR) is 216 cm³/mol. The van der Waals surface area contributed by atoms with Crippen LogP contribution in [-0.2, 0) is 76.8 Å². The summed E-state index contributed by atoms with van der Waals surface area (Å²) in [4.78, 5) is 51.2. The molecule has 61 heavy (non-hydrogen) atoms. The minimum absolute atomic E-state index is 0.00668. The Kier molecular flexibility index (Phi) is 14.5. The zero-order chi connectivity index (χ0) is 42.9. The largest absolute Gasteiger partial charge is 0.456 e. The number of esters is 3. The van der Waals surface area contributed by atoms with Crippen molar-refractivity contribution in [2.24, 2.45) is 0 Å². The van der Waals surface area contributed by atoms with Crippen LogP contribution in [0.1, 0.15) is 43.7 Å². The molecule has 2 saturated heterocycles. The van der Waals surface area contributed by atoms with Crippen LogP contribution in [-0.4, -0.2) is 99.7 Å². The number of halogens is 1. The lowest BCUT2D eigenvalue weighted by Gasteiger charge is -2.45. The molecule has 17 nitrogen and oxygen atoms in total. The first-order valence-electron chi connectivity index (χ1n) is 19.6. The first kappa shape index (κ1) is 43.6. The monoisotopic (exact) mass is 859 g/mol. The van der Waals surface area contributed by atoms with Crippen LogP contribution in [0, 0.1) is 0 Å². The number of imidazole rings is 1. The molecule has 2 aliphatic heterocycles. The smallest absolute Gasteiger partial charge is 0.303 e. The third-order valence-electron chi connectivity index (χ3n) is 9.82. The zero-order valence-electron chi connectivity index (χ0n) is 33.6. The van der Waals surface area contributed by atoms with Crippen LogP contribution in [0.5, 0.6) is 0 Å². The molecule has 3 aromatic carbocycles. The Labute approximate surface area is 356 Å². The third kappa shape index (κ3) is 11.1. The van der Waals surface area contributed by atoms with Crippen LogP contribution < -0.4 is 5.73 Å². The molecule has 0 unspecified atom stereocenters. The zero-order valence-corrected chi connectivity index (χ0v) is 34.4. The quantitative estimate of drug-likeness (QED) is 0.0752. The number of benzene rings is 3. The number of anilines is 1. The SMILES string of the molecule is CC(=O)O[C@@H]1[C@@H](OCc2ccccc2)[C@@H](O[C@H]2[C@@H](OC(C)=O)[C@H](n3cnc4c(Cl)nc(N)nc43)O[C@@H]2COCc2ccccc2)O[C@H](COCc2ccccc2)[C@H]1OC(C)=O. The maximum absolute atomic E-state index is 12.9. The highest BCUT2D eigenvalue weighted by molar-refractivity contribution is 6.33. The van der Waals surface area contributed by atoms with E-state index in [1.165, 1.54) is 31.7 Å². The fourth-order valence-corrected chi connectivity index (χ4v) is 7.47. The molecule has 7 rings (SSSR count). The second kappa shape index (κ2) is 20.4. The molecule has 2 aromatic heterocycles. The molecule has 4 heterocycles. The molecule has 5 aromatic rings. The number of nitrogen functional groups attached to an aromatic ring is 1. The van der Waals surface area contributed by atoms with Crippen molar-refractivity contribution in [2.45, 2.75) is 95.8 Å². The van der Waals surface area contributed by atoms with Crippen molar-refractivity contribution in [3.63, 3.8) is 0 Å². The van der Waals surface area contributed by atoms with Gasteiger partial charge in [-0.1, -0.05) is 103 Å². The number of carbonyl (C=O) groups is 3. The van der Waals surface area contributed by atoms with E-state index < -0.39 is 73.2 Å². The van der Waals surface area contributed by atoms with Crippen molar-refractivity contribution in [1.29, 1.82) is 0 Å². The number of rotatable bonds is 17. The lowest BCUT2D eigenvalue weighted by Crippen LogP contribution is -2.63. The molecule has 322 valence electrons. The van der Waals surface area contributed by atoms with E-state index in [0.29, 0.717) is 0 Å². The Morgan fingerprint density at radius 1 is 0.656 bits per heavy atom. The number of nitrogens with zero attached hydrogens (tertiary/aromatic N) is 4. The van der Waals surface area contributed by atoms with Gasteiger partial charge in [0, 0.05) is 20.8 Å². The van der Waals surface area contributed by atoms with Gasteiger partial charge in [0.05, 0.1) is 39.4 Å². The van der Waals surface area contributed by atoms with Crippen LogP contribution in [0.2, 0.25) is 5.15 Å². The van der Waals surface area contributed by atoms with Crippen molar-refractivity contribution in [3.8, 4) is 0 Å². The third-order valence-corrected chi connectivity index (χ3v) is 10.1. The Morgan fingerprint density at radius 3 is 1.72 bits per heavy atom. The lowest BCUT2D eigenvalue weighted by atomic mass is 9.97. The van der Waals surface area contributed by atoms with Gasteiger partial charge in [-0.05, 0) is 16.7 Å². The Hall–Kier alpha value is -5.53. The van der Waals surface area contributed by atoms with Crippen molar-refractivity contribution in [1.82, 2.24) is 19.5 Å². The standard InChI is InChI=1S/C43H46ClN5O12/c1-25(50)56-34-32(23-54-20-29-15-9-5-10-16-29)60-42(38(36(34)57-26(2)51)55-21-30-17-11-6-12-18-30)61-35-31(22-53-19-28-13-7-4-8-14-28)59-41(37(35)58-27(3)52)49-24-46-33-39(44)47-43(45)48-40(33)49/h4-18,24,31-32,34-38,41-42H,19-23H2,1-3H3,(H2,45,47,48)/t31-,32-,34-,35-,36+,37-,38-,41-,42-/m1/s1. The molecule has 0 spiro atoms. The lowest BCUT2D eigenvalue weighted by molar-refractivity contribution is -0.331. The number of hydrogen-bond donors (Lipinski definition) is 1. The maximum atomic E-state index is 12.9. The van der Waals surface area contributed by atoms with E-state index in [9.17, 15) is 14.4 Å². The van der Waals surface area contributed by atoms with Gasteiger partial charge in [-0.15, -0.1) is 0 Å². The van der Waals surface area contributed by atoms with Gasteiger partial charge in [-0.2, -0.15) is 9.97 Å². The minimum atomic E-state index is -1.39. The molecule has 2 aliphatic rings. The van der Waals surface area contributed by atoms with Crippen LogP contribution >= 0.6 is 11.6 Å². The second-order valence-electron chi connectivity index (χ2n) is 14.4. The normalized spacial score (nSPS) is 25.0. The number of fused-ring (bicyclic) bond motifs is 1. The Morgan fingerprint density at radius 2 is 1.16 bits per heavy atom. The van der Waals surface area contributed by atoms with Gasteiger partial charge < -0.3 is 48.4 Å². The van der Waals surface area contributed by atoms with Crippen LogP contribution in [0.3, 0.4) is 0 Å². The average molecular weight is 860 g/mol. The van der Waals surface area contributed by atoms with Gasteiger partial charge in [0.2, 0.25) is 5.95 Å². The second-order valence-corrected chi connectivity index (χ2v) is 14.7. The highest BCUT2D eigenvalue weighted by Gasteiger charge is 2.56. The highest BCUT2D eigenvalue weighted by atomic mass is 35.5. The molecule has 0 aliphatic carbocycles. The summed E-state index contributed by atoms with van der Waals surface area (Å²) in [5.41, 5.74) is 8.99. The van der Waals surface area contributed by atoms with E-state index >= 15 is 0 Å². The first-order valence-corrected chi connectivity index (χ1v) is 19.9. The highest BCUT2D eigenvalue weighted by Crippen LogP contribution is 2.40. The van der Waals surface area contributed by atoms with E-state index in [1.807, 2.05) is 91.0 Å². The van der Waals surface area contributed by atoms with Gasteiger partial charge >= 0.3 is 17.9 Å². The summed E-state index contributed by atoms with van der Waals surface area (Å²) in [5, 5.41) is 0.00668. The number of aromatic nitrogens is 4. The predicted octanol–water partition coefficient (Wildman–Crippen LogP) is 4.88. The Bertz CT molecular complexity index is 2240. The van der Waals surface area contributed by atoms with Crippen molar-refractivity contribution >= 4 is 46.6 Å². The van der Waals surface area contributed by atoms with E-state index in [1.54, 1.807) is 0 Å². The molecule has 2 fully saturated rings.